The van der Waals surface area contributed by atoms with Crippen LogP contribution in [0, 0.1) is 0 Å². The van der Waals surface area contributed by atoms with E-state index in [1.807, 2.05) is 5.43 Å². The van der Waals surface area contributed by atoms with Crippen molar-refractivity contribution in [3.63, 3.8) is 0 Å². The molecule has 11 heteroatoms. The third-order valence-electron chi connectivity index (χ3n) is 3.52. The molecule has 0 aliphatic carbocycles. The Bertz CT molecular complexity index is 1000. The number of amides is 2. The van der Waals surface area contributed by atoms with Gasteiger partial charge in [-0.2, -0.15) is 5.10 Å². The number of hydrogen-bond donors (Lipinski definition) is 4. The van der Waals surface area contributed by atoms with Gasteiger partial charge in [0.25, 0.3) is 11.8 Å². The van der Waals surface area contributed by atoms with Gasteiger partial charge in [0.05, 0.1) is 0 Å². The molecule has 2 amide bonds. The lowest BCUT2D eigenvalue weighted by Gasteiger charge is -2.06. The maximum absolute atomic E-state index is 11.7. The molecule has 0 aliphatic rings. The number of halogens is 1. The number of benzene rings is 1. The van der Waals surface area contributed by atoms with Crippen molar-refractivity contribution in [2.24, 2.45) is 16.7 Å². The predicted octanol–water partition coefficient (Wildman–Crippen LogP) is 1.50. The molecule has 160 valence electrons. The van der Waals surface area contributed by atoms with Gasteiger partial charge in [0, 0.05) is 40.9 Å². The Morgan fingerprint density at radius 3 is 1.94 bits per heavy atom. The lowest BCUT2D eigenvalue weighted by molar-refractivity contribution is 0.0946. The van der Waals surface area contributed by atoms with Gasteiger partial charge in [0.15, 0.2) is 5.84 Å². The van der Waals surface area contributed by atoms with Crippen molar-refractivity contribution in [1.82, 2.24) is 20.8 Å². The first-order chi connectivity index (χ1) is 15.0. The number of pyridine rings is 2. The number of hydrazine groups is 1. The lowest BCUT2D eigenvalue weighted by atomic mass is 10.3. The third-order valence-corrected chi connectivity index (χ3v) is 3.77. The van der Waals surface area contributed by atoms with E-state index in [-0.39, 0.29) is 24.3 Å². The van der Waals surface area contributed by atoms with Crippen LogP contribution in [-0.2, 0) is 0 Å². The van der Waals surface area contributed by atoms with Gasteiger partial charge in [-0.1, -0.05) is 11.6 Å². The maximum atomic E-state index is 11.7. The van der Waals surface area contributed by atoms with Gasteiger partial charge in [-0.05, 0) is 48.5 Å². The van der Waals surface area contributed by atoms with E-state index in [0.29, 0.717) is 21.9 Å². The summed E-state index contributed by atoms with van der Waals surface area (Å²) in [6.07, 6.45) is 6.10. The minimum atomic E-state index is -0.369. The Kier molecular flexibility index (Phi) is 9.40. The maximum Gasteiger partial charge on any atom is 0.271 e. The summed E-state index contributed by atoms with van der Waals surface area (Å²) in [5.74, 6) is 4.97. The Morgan fingerprint density at radius 1 is 0.903 bits per heavy atom. The zero-order valence-electron chi connectivity index (χ0n) is 16.2. The minimum absolute atomic E-state index is 0.0538. The van der Waals surface area contributed by atoms with E-state index in [0.717, 1.165) is 0 Å². The van der Waals surface area contributed by atoms with Crippen molar-refractivity contribution >= 4 is 29.3 Å². The number of nitrogens with zero attached hydrogens (tertiary/aromatic N) is 3. The van der Waals surface area contributed by atoms with Crippen molar-refractivity contribution in [2.75, 3.05) is 6.61 Å². The summed E-state index contributed by atoms with van der Waals surface area (Å²) in [6, 6.07) is 13.2. The number of nitrogens with one attached hydrogen (secondary N) is 2. The van der Waals surface area contributed by atoms with E-state index >= 15 is 0 Å². The molecule has 0 spiro atoms. The van der Waals surface area contributed by atoms with E-state index in [1.54, 1.807) is 48.5 Å². The van der Waals surface area contributed by atoms with Crippen LogP contribution in [-0.4, -0.2) is 34.2 Å². The highest BCUT2D eigenvalue weighted by Crippen LogP contribution is 2.15. The van der Waals surface area contributed by atoms with Gasteiger partial charge in [-0.15, -0.1) is 0 Å². The van der Waals surface area contributed by atoms with Gasteiger partial charge >= 0.3 is 0 Å². The summed E-state index contributed by atoms with van der Waals surface area (Å²) in [6.45, 7) is 0.0538. The van der Waals surface area contributed by atoms with Gasteiger partial charge in [-0.25, -0.2) is 11.3 Å². The zero-order chi connectivity index (χ0) is 22.5. The number of hydrogen-bond acceptors (Lipinski definition) is 7. The van der Waals surface area contributed by atoms with Crippen molar-refractivity contribution in [3.05, 3.63) is 89.5 Å². The first-order valence-electron chi connectivity index (χ1n) is 8.81. The Hall–Kier alpha value is -4.02. The van der Waals surface area contributed by atoms with E-state index in [1.165, 1.54) is 24.8 Å². The second kappa shape index (κ2) is 12.5. The summed E-state index contributed by atoms with van der Waals surface area (Å²) in [4.78, 5) is 30.0. The van der Waals surface area contributed by atoms with Crippen LogP contribution in [0.25, 0.3) is 0 Å². The van der Waals surface area contributed by atoms with Crippen LogP contribution in [0.3, 0.4) is 0 Å². The summed E-state index contributed by atoms with van der Waals surface area (Å²) < 4.78 is 5.39. The summed E-state index contributed by atoms with van der Waals surface area (Å²) in [5, 5.41) is 4.38. The fourth-order valence-corrected chi connectivity index (χ4v) is 2.12. The number of nitrogen functional groups attached to an aromatic ring is 1. The van der Waals surface area contributed by atoms with Crippen molar-refractivity contribution in [2.45, 2.75) is 0 Å². The van der Waals surface area contributed by atoms with Crippen LogP contribution in [0.15, 0.2) is 78.4 Å². The van der Waals surface area contributed by atoms with Crippen LogP contribution in [0.1, 0.15) is 20.7 Å². The Labute approximate surface area is 183 Å². The molecule has 0 fully saturated rings. The average Bonchev–Trinajstić information content (AvgIpc) is 2.83. The number of rotatable bonds is 6. The molecule has 0 saturated heterocycles. The molecule has 2 heterocycles. The zero-order valence-corrected chi connectivity index (χ0v) is 17.0. The number of hydrazone groups is 1. The molecular formula is C20H20ClN7O3. The van der Waals surface area contributed by atoms with Crippen LogP contribution in [0.5, 0.6) is 5.75 Å². The predicted molar refractivity (Wildman–Crippen MR) is 116 cm³/mol. The SMILES string of the molecule is N/C(COc1ccc(Cl)cc1)=N/NC(=O)c1ccncc1.NNC(=O)c1ccncc1. The van der Waals surface area contributed by atoms with Crippen molar-refractivity contribution in [3.8, 4) is 5.75 Å². The fourth-order valence-electron chi connectivity index (χ4n) is 2.00. The first kappa shape index (κ1) is 23.3. The van der Waals surface area contributed by atoms with E-state index < -0.39 is 0 Å². The molecule has 1 aromatic carbocycles. The molecule has 6 N–H and O–H groups in total. The lowest BCUT2D eigenvalue weighted by Crippen LogP contribution is -2.29. The average molecular weight is 442 g/mol. The number of carbonyl (C=O) groups excluding carboxylic acids is 2. The monoisotopic (exact) mass is 441 g/mol. The minimum Gasteiger partial charge on any atom is -0.486 e. The highest BCUT2D eigenvalue weighted by atomic mass is 35.5. The Balaban J connectivity index is 0.000000285. The molecule has 10 nitrogen and oxygen atoms in total. The second-order valence-electron chi connectivity index (χ2n) is 5.73. The number of amidine groups is 1. The smallest absolute Gasteiger partial charge is 0.271 e. The largest absolute Gasteiger partial charge is 0.486 e. The third kappa shape index (κ3) is 8.48. The van der Waals surface area contributed by atoms with Gasteiger partial charge < -0.3 is 10.5 Å². The molecule has 0 radical (unpaired) electrons. The molecule has 0 atom stereocenters. The second-order valence-corrected chi connectivity index (χ2v) is 6.17. The fraction of sp³-hybridized carbons (Fsp3) is 0.0500. The molecule has 2 aromatic heterocycles. The summed E-state index contributed by atoms with van der Waals surface area (Å²) in [7, 11) is 0. The molecule has 3 aromatic rings. The normalized spacial score (nSPS) is 10.3. The van der Waals surface area contributed by atoms with E-state index in [2.05, 4.69) is 20.5 Å². The molecule has 31 heavy (non-hydrogen) atoms. The summed E-state index contributed by atoms with van der Waals surface area (Å²) >= 11 is 5.76. The molecule has 0 bridgehead atoms. The van der Waals surface area contributed by atoms with Gasteiger partial charge in [-0.3, -0.25) is 25.0 Å². The topological polar surface area (TPSA) is 158 Å². The molecule has 3 rings (SSSR count). The summed E-state index contributed by atoms with van der Waals surface area (Å²) in [5.41, 5.74) is 11.0. The number of nitrogens with two attached hydrogens (primary N) is 2. The van der Waals surface area contributed by atoms with Crippen LogP contribution >= 0.6 is 11.6 Å². The van der Waals surface area contributed by atoms with Crippen LogP contribution in [0.2, 0.25) is 5.02 Å². The van der Waals surface area contributed by atoms with Crippen molar-refractivity contribution < 1.29 is 14.3 Å². The number of aromatic nitrogens is 2. The standard InChI is InChI=1S/C14H13ClN4O2.C6H7N3O/c15-11-1-3-12(4-2-11)21-9-13(16)18-19-14(20)10-5-7-17-8-6-10;7-9-6(10)5-1-3-8-4-2-5/h1-8H,9H2,(H2,16,18)(H,19,20);1-4H,7H2,(H,9,10). The van der Waals surface area contributed by atoms with Crippen LogP contribution < -0.4 is 27.2 Å². The quantitative estimate of drug-likeness (QED) is 0.148. The highest BCUT2D eigenvalue weighted by Gasteiger charge is 2.04. The number of ether oxygens (including phenoxy) is 1. The molecular weight excluding hydrogens is 422 g/mol. The molecule has 0 unspecified atom stereocenters. The van der Waals surface area contributed by atoms with Gasteiger partial charge in [0.1, 0.15) is 12.4 Å². The van der Waals surface area contributed by atoms with Gasteiger partial charge in [0.2, 0.25) is 0 Å². The Morgan fingerprint density at radius 2 is 1.42 bits per heavy atom. The van der Waals surface area contributed by atoms with Crippen LogP contribution in [0.4, 0.5) is 0 Å². The van der Waals surface area contributed by atoms with E-state index in [4.69, 9.17) is 27.9 Å². The van der Waals surface area contributed by atoms with E-state index in [9.17, 15) is 9.59 Å². The highest BCUT2D eigenvalue weighted by molar-refractivity contribution is 6.30. The first-order valence-corrected chi connectivity index (χ1v) is 9.19. The number of carbonyl (C=O) groups is 2. The molecule has 0 saturated carbocycles. The molecule has 0 aliphatic heterocycles. The van der Waals surface area contributed by atoms with Crippen molar-refractivity contribution in [1.29, 1.82) is 0 Å².